The number of rotatable bonds is 3. The second-order valence-corrected chi connectivity index (χ2v) is 6.96. The molecule has 0 N–H and O–H groups in total. The molecule has 1 aromatic rings. The quantitative estimate of drug-likeness (QED) is 0.799. The van der Waals surface area contributed by atoms with E-state index in [1.165, 1.54) is 10.4 Å². The van der Waals surface area contributed by atoms with Crippen LogP contribution >= 0.6 is 0 Å². The van der Waals surface area contributed by atoms with Gasteiger partial charge in [0, 0.05) is 31.5 Å². The van der Waals surface area contributed by atoms with Gasteiger partial charge in [-0.05, 0) is 24.6 Å². The summed E-state index contributed by atoms with van der Waals surface area (Å²) in [6.07, 6.45) is 1.57. The van der Waals surface area contributed by atoms with E-state index in [0.717, 1.165) is 5.56 Å². The van der Waals surface area contributed by atoms with Gasteiger partial charge < -0.3 is 0 Å². The fourth-order valence-electron chi connectivity index (χ4n) is 2.36. The molecule has 1 aromatic carbocycles. The zero-order chi connectivity index (χ0) is 15.5. The van der Waals surface area contributed by atoms with Crippen LogP contribution in [0.1, 0.15) is 12.0 Å². The first-order valence-corrected chi connectivity index (χ1v) is 7.95. The van der Waals surface area contributed by atoms with Gasteiger partial charge in [0.2, 0.25) is 10.0 Å². The van der Waals surface area contributed by atoms with Crippen LogP contribution in [0.2, 0.25) is 0 Å². The van der Waals surface area contributed by atoms with Crippen LogP contribution in [0.25, 0.3) is 0 Å². The maximum atomic E-state index is 12.6. The van der Waals surface area contributed by atoms with Gasteiger partial charge in [0.15, 0.2) is 0 Å². The van der Waals surface area contributed by atoms with Gasteiger partial charge in [-0.2, -0.15) is 14.8 Å². The summed E-state index contributed by atoms with van der Waals surface area (Å²) in [6.45, 7) is 2.32. The van der Waals surface area contributed by atoms with Crippen molar-refractivity contribution in [3.63, 3.8) is 0 Å². The van der Waals surface area contributed by atoms with E-state index in [2.05, 4.69) is 0 Å². The Hall–Kier alpha value is -2.15. The minimum Gasteiger partial charge on any atom is -0.207 e. The molecule has 1 unspecified atom stereocenters. The van der Waals surface area contributed by atoms with Crippen LogP contribution in [0, 0.1) is 35.5 Å². The molecule has 0 bridgehead atoms. The summed E-state index contributed by atoms with van der Waals surface area (Å²) in [5.41, 5.74) is 1.69. The molecule has 0 radical (unpaired) electrons. The van der Waals surface area contributed by atoms with E-state index in [9.17, 15) is 8.42 Å². The van der Waals surface area contributed by atoms with Crippen molar-refractivity contribution >= 4 is 10.0 Å². The fourth-order valence-corrected chi connectivity index (χ4v) is 3.83. The molecule has 0 amide bonds. The molecular formula is C15H15N3O2S. The lowest BCUT2D eigenvalue weighted by atomic mass is 10.00. The predicted molar refractivity (Wildman–Crippen MR) is 77.4 cm³/mol. The minimum atomic E-state index is -3.58. The van der Waals surface area contributed by atoms with Crippen LogP contribution in [-0.2, 0) is 10.0 Å². The molecule has 1 atom stereocenters. The number of benzene rings is 1. The number of allylic oxidation sites excluding steroid dienone is 1. The van der Waals surface area contributed by atoms with E-state index < -0.39 is 10.0 Å². The van der Waals surface area contributed by atoms with E-state index in [1.54, 1.807) is 24.3 Å². The summed E-state index contributed by atoms with van der Waals surface area (Å²) >= 11 is 0. The molecule has 1 aliphatic heterocycles. The molecule has 0 saturated carbocycles. The number of hydrogen-bond acceptors (Lipinski definition) is 4. The molecule has 1 aliphatic rings. The van der Waals surface area contributed by atoms with Gasteiger partial charge >= 0.3 is 0 Å². The van der Waals surface area contributed by atoms with Gasteiger partial charge in [-0.1, -0.05) is 17.7 Å². The Labute approximate surface area is 124 Å². The van der Waals surface area contributed by atoms with Crippen LogP contribution < -0.4 is 0 Å². The smallest absolute Gasteiger partial charge is 0.207 e. The van der Waals surface area contributed by atoms with Crippen molar-refractivity contribution in [2.75, 3.05) is 13.1 Å². The second-order valence-electron chi connectivity index (χ2n) is 5.02. The van der Waals surface area contributed by atoms with E-state index in [1.807, 2.05) is 19.1 Å². The zero-order valence-electron chi connectivity index (χ0n) is 11.7. The van der Waals surface area contributed by atoms with Gasteiger partial charge in [0.25, 0.3) is 0 Å². The van der Waals surface area contributed by atoms with Gasteiger partial charge in [-0.25, -0.2) is 8.42 Å². The summed E-state index contributed by atoms with van der Waals surface area (Å²) in [4.78, 5) is 0.238. The molecular weight excluding hydrogens is 286 g/mol. The highest BCUT2D eigenvalue weighted by molar-refractivity contribution is 7.89. The SMILES string of the molecule is Cc1ccc(S(=O)(=O)N2C/C(=C\C#N)C(CC#N)C2)cc1. The van der Waals surface area contributed by atoms with Crippen molar-refractivity contribution in [3.05, 3.63) is 41.5 Å². The van der Waals surface area contributed by atoms with Crippen molar-refractivity contribution in [1.29, 1.82) is 10.5 Å². The molecule has 0 aromatic heterocycles. The summed E-state index contributed by atoms with van der Waals surface area (Å²) in [5, 5.41) is 17.6. The second kappa shape index (κ2) is 6.09. The summed E-state index contributed by atoms with van der Waals surface area (Å²) in [6, 6.07) is 10.6. The molecule has 1 saturated heterocycles. The Kier molecular flexibility index (Phi) is 4.42. The van der Waals surface area contributed by atoms with Gasteiger partial charge in [0.1, 0.15) is 0 Å². The van der Waals surface area contributed by atoms with Crippen molar-refractivity contribution < 1.29 is 8.42 Å². The van der Waals surface area contributed by atoms with Gasteiger partial charge in [0.05, 0.1) is 17.0 Å². The Bertz CT molecular complexity index is 737. The molecule has 0 spiro atoms. The zero-order valence-corrected chi connectivity index (χ0v) is 12.5. The number of hydrogen-bond donors (Lipinski definition) is 0. The normalized spacial score (nSPS) is 21.1. The van der Waals surface area contributed by atoms with E-state index >= 15 is 0 Å². The summed E-state index contributed by atoms with van der Waals surface area (Å²) < 4.78 is 26.5. The monoisotopic (exact) mass is 301 g/mol. The van der Waals surface area contributed by atoms with E-state index in [4.69, 9.17) is 10.5 Å². The van der Waals surface area contributed by atoms with Crippen molar-refractivity contribution in [2.24, 2.45) is 5.92 Å². The Morgan fingerprint density at radius 2 is 2.00 bits per heavy atom. The average molecular weight is 301 g/mol. The number of aryl methyl sites for hydroxylation is 1. The standard InChI is InChI=1S/C15H15N3O2S/c1-12-2-4-15(5-3-12)21(19,20)18-10-13(6-8-16)14(11-18)7-9-17/h2-6,14H,7,10-11H2,1H3/b13-6+. The van der Waals surface area contributed by atoms with Crippen LogP contribution in [0.15, 0.2) is 40.8 Å². The Morgan fingerprint density at radius 3 is 2.57 bits per heavy atom. The summed E-state index contributed by atoms with van der Waals surface area (Å²) in [7, 11) is -3.58. The fraction of sp³-hybridized carbons (Fsp3) is 0.333. The highest BCUT2D eigenvalue weighted by Gasteiger charge is 2.35. The molecule has 6 heteroatoms. The number of nitriles is 2. The predicted octanol–water partition coefficient (Wildman–Crippen LogP) is 1.98. The number of nitrogens with zero attached hydrogens (tertiary/aromatic N) is 3. The van der Waals surface area contributed by atoms with Crippen LogP contribution in [-0.4, -0.2) is 25.8 Å². The third-order valence-electron chi connectivity index (χ3n) is 3.55. The topological polar surface area (TPSA) is 85.0 Å². The lowest BCUT2D eigenvalue weighted by Crippen LogP contribution is -2.28. The lowest BCUT2D eigenvalue weighted by molar-refractivity contribution is 0.459. The number of sulfonamides is 1. The Morgan fingerprint density at radius 1 is 1.33 bits per heavy atom. The van der Waals surface area contributed by atoms with E-state index in [-0.39, 0.29) is 30.3 Å². The van der Waals surface area contributed by atoms with Crippen LogP contribution in [0.4, 0.5) is 0 Å². The molecule has 1 heterocycles. The largest absolute Gasteiger partial charge is 0.243 e. The third kappa shape index (κ3) is 3.13. The molecule has 1 fully saturated rings. The van der Waals surface area contributed by atoms with E-state index in [0.29, 0.717) is 5.57 Å². The van der Waals surface area contributed by atoms with Gasteiger partial charge in [-0.15, -0.1) is 0 Å². The Balaban J connectivity index is 2.31. The molecule has 2 rings (SSSR count). The van der Waals surface area contributed by atoms with Crippen LogP contribution in [0.5, 0.6) is 0 Å². The van der Waals surface area contributed by atoms with Gasteiger partial charge in [-0.3, -0.25) is 0 Å². The highest BCUT2D eigenvalue weighted by Crippen LogP contribution is 2.30. The molecule has 0 aliphatic carbocycles. The lowest BCUT2D eigenvalue weighted by Gasteiger charge is -2.15. The van der Waals surface area contributed by atoms with Crippen LogP contribution in [0.3, 0.4) is 0 Å². The molecule has 108 valence electrons. The van der Waals surface area contributed by atoms with Crippen molar-refractivity contribution in [2.45, 2.75) is 18.2 Å². The van der Waals surface area contributed by atoms with Crippen molar-refractivity contribution in [3.8, 4) is 12.1 Å². The summed E-state index contributed by atoms with van der Waals surface area (Å²) in [5.74, 6) is -0.199. The average Bonchev–Trinajstić information content (AvgIpc) is 2.84. The first-order chi connectivity index (χ1) is 9.98. The molecule has 5 nitrogen and oxygen atoms in total. The minimum absolute atomic E-state index is 0.177. The van der Waals surface area contributed by atoms with Crippen molar-refractivity contribution in [1.82, 2.24) is 4.31 Å². The first kappa shape index (κ1) is 15.2. The maximum absolute atomic E-state index is 12.6. The highest BCUT2D eigenvalue weighted by atomic mass is 32.2. The first-order valence-electron chi connectivity index (χ1n) is 6.51. The third-order valence-corrected chi connectivity index (χ3v) is 5.38. The maximum Gasteiger partial charge on any atom is 0.243 e. The molecule has 21 heavy (non-hydrogen) atoms.